The third kappa shape index (κ3) is 5.54. The van der Waals surface area contributed by atoms with Crippen molar-refractivity contribution in [2.24, 2.45) is 5.92 Å². The first kappa shape index (κ1) is 22.2. The van der Waals surface area contributed by atoms with Gasteiger partial charge < -0.3 is 19.4 Å². The Morgan fingerprint density at radius 2 is 1.83 bits per heavy atom. The number of ether oxygens (including phenoxy) is 1. The number of likely N-dealkylation sites (tertiary alicyclic amines) is 1. The van der Waals surface area contributed by atoms with Gasteiger partial charge in [0.25, 0.3) is 5.91 Å². The predicted molar refractivity (Wildman–Crippen MR) is 124 cm³/mol. The Bertz CT molecular complexity index is 837. The summed E-state index contributed by atoms with van der Waals surface area (Å²) in [6.07, 6.45) is 3.35. The van der Waals surface area contributed by atoms with E-state index < -0.39 is 0 Å². The Balaban J connectivity index is 1.56. The number of para-hydroxylation sites is 2. The SMILES string of the molecule is COc1ccccc1CCN1CCC[C@@H](CN(C)C(=O)c2ccccc2N(C)C)C1. The van der Waals surface area contributed by atoms with Crippen LogP contribution < -0.4 is 9.64 Å². The number of carbonyl (C=O) groups is 1. The molecule has 0 radical (unpaired) electrons. The number of hydrogen-bond donors (Lipinski definition) is 0. The van der Waals surface area contributed by atoms with Crippen LogP contribution in [0, 0.1) is 5.92 Å². The zero-order chi connectivity index (χ0) is 21.5. The second-order valence-electron chi connectivity index (χ2n) is 8.47. The monoisotopic (exact) mass is 409 g/mol. The van der Waals surface area contributed by atoms with E-state index in [4.69, 9.17) is 4.74 Å². The lowest BCUT2D eigenvalue weighted by molar-refractivity contribution is 0.0731. The molecule has 0 saturated carbocycles. The van der Waals surface area contributed by atoms with E-state index in [0.29, 0.717) is 5.92 Å². The second kappa shape index (κ2) is 10.5. The molecule has 3 rings (SSSR count). The third-order valence-electron chi connectivity index (χ3n) is 5.99. The van der Waals surface area contributed by atoms with Crippen molar-refractivity contribution in [1.29, 1.82) is 0 Å². The van der Waals surface area contributed by atoms with Crippen LogP contribution in [0.4, 0.5) is 5.69 Å². The average molecular weight is 410 g/mol. The molecule has 1 atom stereocenters. The first-order chi connectivity index (χ1) is 14.5. The van der Waals surface area contributed by atoms with E-state index in [1.165, 1.54) is 18.4 Å². The van der Waals surface area contributed by atoms with Crippen LogP contribution in [-0.2, 0) is 6.42 Å². The molecule has 2 aromatic carbocycles. The fraction of sp³-hybridized carbons (Fsp3) is 0.480. The summed E-state index contributed by atoms with van der Waals surface area (Å²) in [4.78, 5) is 19.5. The lowest BCUT2D eigenvalue weighted by Gasteiger charge is -2.35. The van der Waals surface area contributed by atoms with Gasteiger partial charge in [-0.3, -0.25) is 4.79 Å². The highest BCUT2D eigenvalue weighted by atomic mass is 16.5. The Morgan fingerprint density at radius 3 is 2.60 bits per heavy atom. The first-order valence-electron chi connectivity index (χ1n) is 10.9. The summed E-state index contributed by atoms with van der Waals surface area (Å²) >= 11 is 0. The molecule has 1 aliphatic rings. The number of anilines is 1. The van der Waals surface area contributed by atoms with Crippen LogP contribution in [0.5, 0.6) is 5.75 Å². The second-order valence-corrected chi connectivity index (χ2v) is 8.47. The summed E-state index contributed by atoms with van der Waals surface area (Å²) in [5.41, 5.74) is 3.00. The van der Waals surface area contributed by atoms with Gasteiger partial charge in [0.2, 0.25) is 0 Å². The highest BCUT2D eigenvalue weighted by molar-refractivity contribution is 5.99. The minimum Gasteiger partial charge on any atom is -0.496 e. The number of benzene rings is 2. The highest BCUT2D eigenvalue weighted by Gasteiger charge is 2.24. The predicted octanol–water partition coefficient (Wildman–Crippen LogP) is 3.79. The van der Waals surface area contributed by atoms with Crippen LogP contribution in [0.2, 0.25) is 0 Å². The molecule has 0 spiro atoms. The normalized spacial score (nSPS) is 16.9. The van der Waals surface area contributed by atoms with E-state index >= 15 is 0 Å². The maximum Gasteiger partial charge on any atom is 0.255 e. The molecular weight excluding hydrogens is 374 g/mol. The molecule has 5 heteroatoms. The lowest BCUT2D eigenvalue weighted by Crippen LogP contribution is -2.42. The fourth-order valence-corrected chi connectivity index (χ4v) is 4.41. The molecule has 0 aromatic heterocycles. The summed E-state index contributed by atoms with van der Waals surface area (Å²) in [5.74, 6) is 1.58. The summed E-state index contributed by atoms with van der Waals surface area (Å²) < 4.78 is 5.49. The van der Waals surface area contributed by atoms with E-state index in [2.05, 4.69) is 17.0 Å². The third-order valence-corrected chi connectivity index (χ3v) is 5.99. The molecule has 1 heterocycles. The number of methoxy groups -OCH3 is 1. The zero-order valence-electron chi connectivity index (χ0n) is 18.8. The number of carbonyl (C=O) groups excluding carboxylic acids is 1. The van der Waals surface area contributed by atoms with Gasteiger partial charge in [0.05, 0.1) is 12.7 Å². The van der Waals surface area contributed by atoms with E-state index in [9.17, 15) is 4.79 Å². The molecule has 0 unspecified atom stereocenters. The van der Waals surface area contributed by atoms with Crippen LogP contribution in [0.25, 0.3) is 0 Å². The summed E-state index contributed by atoms with van der Waals surface area (Å²) in [5, 5.41) is 0. The lowest BCUT2D eigenvalue weighted by atomic mass is 9.96. The largest absolute Gasteiger partial charge is 0.496 e. The highest BCUT2D eigenvalue weighted by Crippen LogP contribution is 2.23. The number of piperidine rings is 1. The topological polar surface area (TPSA) is 36.0 Å². The van der Waals surface area contributed by atoms with Gasteiger partial charge in [-0.05, 0) is 55.5 Å². The molecular formula is C25H35N3O2. The van der Waals surface area contributed by atoms with Crippen molar-refractivity contribution in [2.75, 3.05) is 59.3 Å². The molecule has 30 heavy (non-hydrogen) atoms. The number of hydrogen-bond acceptors (Lipinski definition) is 4. The molecule has 2 aromatic rings. The molecule has 5 nitrogen and oxygen atoms in total. The summed E-state index contributed by atoms with van der Waals surface area (Å²) in [6.45, 7) is 4.00. The molecule has 1 aliphatic heterocycles. The first-order valence-corrected chi connectivity index (χ1v) is 10.9. The van der Waals surface area contributed by atoms with Gasteiger partial charge in [-0.2, -0.15) is 0 Å². The minimum atomic E-state index is 0.102. The van der Waals surface area contributed by atoms with Crippen LogP contribution in [0.1, 0.15) is 28.8 Å². The van der Waals surface area contributed by atoms with Gasteiger partial charge >= 0.3 is 0 Å². The van der Waals surface area contributed by atoms with Gasteiger partial charge in [0.15, 0.2) is 0 Å². The van der Waals surface area contributed by atoms with E-state index in [-0.39, 0.29) is 5.91 Å². The van der Waals surface area contributed by atoms with Crippen molar-refractivity contribution in [3.05, 3.63) is 59.7 Å². The van der Waals surface area contributed by atoms with Crippen molar-refractivity contribution in [3.63, 3.8) is 0 Å². The molecule has 1 amide bonds. The van der Waals surface area contributed by atoms with Gasteiger partial charge in [-0.25, -0.2) is 0 Å². The molecule has 162 valence electrons. The Labute approximate surface area is 181 Å². The van der Waals surface area contributed by atoms with Crippen molar-refractivity contribution < 1.29 is 9.53 Å². The fourth-order valence-electron chi connectivity index (χ4n) is 4.41. The van der Waals surface area contributed by atoms with E-state index in [1.54, 1.807) is 7.11 Å². The van der Waals surface area contributed by atoms with Crippen LogP contribution in [0.3, 0.4) is 0 Å². The van der Waals surface area contributed by atoms with Gasteiger partial charge in [-0.15, -0.1) is 0 Å². The Hall–Kier alpha value is -2.53. The summed E-state index contributed by atoms with van der Waals surface area (Å²) in [6, 6.07) is 16.1. The minimum absolute atomic E-state index is 0.102. The maximum absolute atomic E-state index is 13.1. The summed E-state index contributed by atoms with van der Waals surface area (Å²) in [7, 11) is 7.62. The van der Waals surface area contributed by atoms with Crippen LogP contribution in [-0.4, -0.2) is 70.1 Å². The molecule has 1 fully saturated rings. The van der Waals surface area contributed by atoms with Gasteiger partial charge in [-0.1, -0.05) is 30.3 Å². The van der Waals surface area contributed by atoms with Crippen LogP contribution >= 0.6 is 0 Å². The number of nitrogens with zero attached hydrogens (tertiary/aromatic N) is 3. The van der Waals surface area contributed by atoms with E-state index in [0.717, 1.165) is 49.6 Å². The van der Waals surface area contributed by atoms with Crippen LogP contribution in [0.15, 0.2) is 48.5 Å². The van der Waals surface area contributed by atoms with Gasteiger partial charge in [0, 0.05) is 46.5 Å². The molecule has 0 aliphatic carbocycles. The molecule has 1 saturated heterocycles. The number of amides is 1. The van der Waals surface area contributed by atoms with Crippen molar-refractivity contribution in [3.8, 4) is 5.75 Å². The maximum atomic E-state index is 13.1. The van der Waals surface area contributed by atoms with Crippen molar-refractivity contribution in [1.82, 2.24) is 9.80 Å². The molecule has 0 N–H and O–H groups in total. The number of rotatable bonds is 8. The Kier molecular flexibility index (Phi) is 7.75. The van der Waals surface area contributed by atoms with Crippen molar-refractivity contribution >= 4 is 11.6 Å². The van der Waals surface area contributed by atoms with Crippen molar-refractivity contribution in [2.45, 2.75) is 19.3 Å². The van der Waals surface area contributed by atoms with E-state index in [1.807, 2.05) is 67.3 Å². The average Bonchev–Trinajstić information content (AvgIpc) is 2.77. The quantitative estimate of drug-likeness (QED) is 0.665. The zero-order valence-corrected chi connectivity index (χ0v) is 18.8. The molecule has 0 bridgehead atoms. The standard InChI is InChI=1S/C25H35N3O2/c1-26(2)23-13-7-6-12-22(23)25(29)27(3)18-20-10-9-16-28(19-20)17-15-21-11-5-8-14-24(21)30-4/h5-8,11-14,20H,9-10,15-19H2,1-4H3/t20-/m0/s1. The Morgan fingerprint density at radius 1 is 1.10 bits per heavy atom. The smallest absolute Gasteiger partial charge is 0.255 e. The van der Waals surface area contributed by atoms with Gasteiger partial charge in [0.1, 0.15) is 5.75 Å².